The SMILES string of the molecule is Cc1cc(-c2ccccc2)nc(SCC(=O)N(C2CC2)C2CCS(=O)(=O)C2)n1. The van der Waals surface area contributed by atoms with Gasteiger partial charge in [0.2, 0.25) is 5.91 Å². The second kappa shape index (κ2) is 7.83. The van der Waals surface area contributed by atoms with Gasteiger partial charge in [0, 0.05) is 23.3 Å². The number of rotatable bonds is 6. The first-order valence-electron chi connectivity index (χ1n) is 9.47. The lowest BCUT2D eigenvalue weighted by atomic mass is 10.1. The first kappa shape index (κ1) is 19.4. The van der Waals surface area contributed by atoms with Crippen LogP contribution < -0.4 is 0 Å². The van der Waals surface area contributed by atoms with Gasteiger partial charge in [-0.3, -0.25) is 4.79 Å². The molecule has 1 aliphatic carbocycles. The number of carbonyl (C=O) groups excluding carboxylic acids is 1. The van der Waals surface area contributed by atoms with Crippen LogP contribution >= 0.6 is 11.8 Å². The lowest BCUT2D eigenvalue weighted by molar-refractivity contribution is -0.130. The summed E-state index contributed by atoms with van der Waals surface area (Å²) in [5.74, 6) is 0.493. The van der Waals surface area contributed by atoms with Crippen molar-refractivity contribution >= 4 is 27.5 Å². The number of hydrogen-bond donors (Lipinski definition) is 0. The molecule has 1 aromatic carbocycles. The average Bonchev–Trinajstić information content (AvgIpc) is 3.43. The predicted octanol–water partition coefficient (Wildman–Crippen LogP) is 2.72. The number of thioether (sulfide) groups is 1. The zero-order chi connectivity index (χ0) is 19.7. The Labute approximate surface area is 169 Å². The monoisotopic (exact) mass is 417 g/mol. The van der Waals surface area contributed by atoms with Gasteiger partial charge in [-0.05, 0) is 32.3 Å². The number of sulfone groups is 1. The van der Waals surface area contributed by atoms with Gasteiger partial charge in [-0.15, -0.1) is 0 Å². The van der Waals surface area contributed by atoms with Crippen LogP contribution in [0.5, 0.6) is 0 Å². The number of nitrogens with zero attached hydrogens (tertiary/aromatic N) is 3. The molecule has 2 aliphatic rings. The largest absolute Gasteiger partial charge is 0.335 e. The minimum absolute atomic E-state index is 0.0130. The molecule has 1 saturated carbocycles. The van der Waals surface area contributed by atoms with Gasteiger partial charge in [-0.2, -0.15) is 0 Å². The lowest BCUT2D eigenvalue weighted by Crippen LogP contribution is -2.43. The van der Waals surface area contributed by atoms with E-state index in [2.05, 4.69) is 9.97 Å². The Bertz CT molecular complexity index is 975. The van der Waals surface area contributed by atoms with Crippen LogP contribution in [0.25, 0.3) is 11.3 Å². The number of hydrogen-bond acceptors (Lipinski definition) is 6. The summed E-state index contributed by atoms with van der Waals surface area (Å²) in [4.78, 5) is 23.8. The molecule has 8 heteroatoms. The van der Waals surface area contributed by atoms with E-state index < -0.39 is 9.84 Å². The van der Waals surface area contributed by atoms with Crippen molar-refractivity contribution in [1.82, 2.24) is 14.9 Å². The Morgan fingerprint density at radius 3 is 2.54 bits per heavy atom. The molecule has 0 spiro atoms. The molecule has 1 aliphatic heterocycles. The molecule has 1 aromatic heterocycles. The van der Waals surface area contributed by atoms with Gasteiger partial charge in [0.05, 0.1) is 23.0 Å². The van der Waals surface area contributed by atoms with Gasteiger partial charge in [-0.25, -0.2) is 18.4 Å². The topological polar surface area (TPSA) is 80.2 Å². The molecule has 2 aromatic rings. The summed E-state index contributed by atoms with van der Waals surface area (Å²) in [6.07, 6.45) is 2.48. The van der Waals surface area contributed by atoms with Crippen molar-refractivity contribution in [3.8, 4) is 11.3 Å². The Balaban J connectivity index is 1.46. The van der Waals surface area contributed by atoms with E-state index in [-0.39, 0.29) is 35.2 Å². The molecule has 4 rings (SSSR count). The van der Waals surface area contributed by atoms with Crippen LogP contribution in [0.15, 0.2) is 41.6 Å². The summed E-state index contributed by atoms with van der Waals surface area (Å²) in [6, 6.07) is 11.8. The van der Waals surface area contributed by atoms with Gasteiger partial charge in [0.25, 0.3) is 0 Å². The van der Waals surface area contributed by atoms with E-state index in [0.29, 0.717) is 11.6 Å². The third-order valence-electron chi connectivity index (χ3n) is 5.06. The standard InChI is InChI=1S/C20H23N3O3S2/c1-14-11-18(15-5-3-2-4-6-15)22-20(21-14)27-12-19(24)23(16-7-8-16)17-9-10-28(25,26)13-17/h2-6,11,16-17H,7-10,12-13H2,1H3. The molecular weight excluding hydrogens is 394 g/mol. The molecule has 28 heavy (non-hydrogen) atoms. The summed E-state index contributed by atoms with van der Waals surface area (Å²) in [6.45, 7) is 1.92. The van der Waals surface area contributed by atoms with Gasteiger partial charge in [0.15, 0.2) is 15.0 Å². The summed E-state index contributed by atoms with van der Waals surface area (Å²) in [7, 11) is -3.01. The number of aromatic nitrogens is 2. The predicted molar refractivity (Wildman–Crippen MR) is 110 cm³/mol. The molecule has 1 unspecified atom stereocenters. The third-order valence-corrected chi connectivity index (χ3v) is 7.64. The van der Waals surface area contributed by atoms with Crippen LogP contribution in [0.3, 0.4) is 0 Å². The van der Waals surface area contributed by atoms with E-state index in [0.717, 1.165) is 29.8 Å². The molecule has 2 heterocycles. The normalized spacial score (nSPS) is 20.8. The second-order valence-corrected chi connectivity index (χ2v) is 10.6. The minimum atomic E-state index is -3.01. The van der Waals surface area contributed by atoms with Crippen LogP contribution in [0.2, 0.25) is 0 Å². The van der Waals surface area contributed by atoms with E-state index in [1.807, 2.05) is 48.2 Å². The molecule has 0 radical (unpaired) electrons. The van der Waals surface area contributed by atoms with Crippen molar-refractivity contribution in [3.63, 3.8) is 0 Å². The van der Waals surface area contributed by atoms with Crippen molar-refractivity contribution in [2.45, 2.75) is 43.4 Å². The molecule has 148 valence electrons. The molecular formula is C20H23N3O3S2. The first-order valence-corrected chi connectivity index (χ1v) is 12.3. The highest BCUT2D eigenvalue weighted by molar-refractivity contribution is 7.99. The third kappa shape index (κ3) is 4.55. The Morgan fingerprint density at radius 2 is 1.89 bits per heavy atom. The van der Waals surface area contributed by atoms with Crippen LogP contribution in [0.1, 0.15) is 25.0 Å². The summed E-state index contributed by atoms with van der Waals surface area (Å²) in [5, 5.41) is 0.571. The van der Waals surface area contributed by atoms with E-state index in [1.165, 1.54) is 11.8 Å². The molecule has 2 fully saturated rings. The number of carbonyl (C=O) groups is 1. The van der Waals surface area contributed by atoms with Gasteiger partial charge in [0.1, 0.15) is 0 Å². The average molecular weight is 418 g/mol. The quantitative estimate of drug-likeness (QED) is 0.531. The molecule has 0 bridgehead atoms. The second-order valence-electron chi connectivity index (χ2n) is 7.42. The highest BCUT2D eigenvalue weighted by Crippen LogP contribution is 2.33. The molecule has 1 atom stereocenters. The molecule has 1 amide bonds. The summed E-state index contributed by atoms with van der Waals surface area (Å²) >= 11 is 1.32. The highest BCUT2D eigenvalue weighted by atomic mass is 32.2. The molecule has 6 nitrogen and oxygen atoms in total. The zero-order valence-electron chi connectivity index (χ0n) is 15.7. The van der Waals surface area contributed by atoms with Crippen LogP contribution in [-0.4, -0.2) is 58.5 Å². The fourth-order valence-electron chi connectivity index (χ4n) is 3.62. The highest BCUT2D eigenvalue weighted by Gasteiger charge is 2.41. The van der Waals surface area contributed by atoms with Crippen molar-refractivity contribution in [2.24, 2.45) is 0 Å². The van der Waals surface area contributed by atoms with Gasteiger partial charge >= 0.3 is 0 Å². The minimum Gasteiger partial charge on any atom is -0.335 e. The number of amides is 1. The van der Waals surface area contributed by atoms with E-state index in [1.54, 1.807) is 0 Å². The van der Waals surface area contributed by atoms with E-state index in [9.17, 15) is 13.2 Å². The van der Waals surface area contributed by atoms with Gasteiger partial charge in [-0.1, -0.05) is 42.1 Å². The van der Waals surface area contributed by atoms with Crippen molar-refractivity contribution in [3.05, 3.63) is 42.1 Å². The smallest absolute Gasteiger partial charge is 0.233 e. The van der Waals surface area contributed by atoms with Crippen molar-refractivity contribution < 1.29 is 13.2 Å². The van der Waals surface area contributed by atoms with E-state index in [4.69, 9.17) is 0 Å². The Kier molecular flexibility index (Phi) is 5.42. The zero-order valence-corrected chi connectivity index (χ0v) is 17.4. The van der Waals surface area contributed by atoms with E-state index >= 15 is 0 Å². The molecule has 0 N–H and O–H groups in total. The number of aryl methyl sites for hydroxylation is 1. The maximum Gasteiger partial charge on any atom is 0.233 e. The van der Waals surface area contributed by atoms with Gasteiger partial charge < -0.3 is 4.90 Å². The Hall–Kier alpha value is -1.93. The first-order chi connectivity index (χ1) is 13.4. The fourth-order valence-corrected chi connectivity index (χ4v) is 6.10. The molecule has 1 saturated heterocycles. The maximum absolute atomic E-state index is 12.9. The lowest BCUT2D eigenvalue weighted by Gasteiger charge is -2.28. The van der Waals surface area contributed by atoms with Crippen LogP contribution in [0, 0.1) is 6.92 Å². The summed E-state index contributed by atoms with van der Waals surface area (Å²) in [5.41, 5.74) is 2.70. The Morgan fingerprint density at radius 1 is 1.14 bits per heavy atom. The fraction of sp³-hybridized carbons (Fsp3) is 0.450. The van der Waals surface area contributed by atoms with Crippen molar-refractivity contribution in [1.29, 1.82) is 0 Å². The van der Waals surface area contributed by atoms with Crippen LogP contribution in [0.4, 0.5) is 0 Å². The van der Waals surface area contributed by atoms with Crippen LogP contribution in [-0.2, 0) is 14.6 Å². The van der Waals surface area contributed by atoms with Crippen molar-refractivity contribution in [2.75, 3.05) is 17.3 Å². The summed E-state index contributed by atoms with van der Waals surface area (Å²) < 4.78 is 23.7. The maximum atomic E-state index is 12.9. The number of benzene rings is 1.